The molecule has 0 amide bonds. The van der Waals surface area contributed by atoms with Crippen LogP contribution in [0.5, 0.6) is 5.75 Å². The van der Waals surface area contributed by atoms with Gasteiger partial charge in [-0.05, 0) is 61.7 Å². The van der Waals surface area contributed by atoms with Gasteiger partial charge in [-0.2, -0.15) is 33.7 Å². The average Bonchev–Trinajstić information content (AvgIpc) is 2.99. The largest absolute Gasteiger partial charge is 0.507 e. The molecule has 3 atom stereocenters. The number of nitrogens with two attached hydrogens (primary N) is 1. The average molecular weight is 804 g/mol. The van der Waals surface area contributed by atoms with Gasteiger partial charge in [0.1, 0.15) is 37.8 Å². The molecule has 0 radical (unpaired) electrons. The van der Waals surface area contributed by atoms with E-state index in [9.17, 15) is 57.0 Å². The second kappa shape index (κ2) is 13.1. The first kappa shape index (κ1) is 38.5. The van der Waals surface area contributed by atoms with Gasteiger partial charge >= 0.3 is 0 Å². The molecule has 1 aliphatic rings. The number of rotatable bonds is 9. The Bertz CT molecular complexity index is 2580. The van der Waals surface area contributed by atoms with Gasteiger partial charge in [0.2, 0.25) is 0 Å². The van der Waals surface area contributed by atoms with E-state index in [1.807, 2.05) is 6.92 Å². The van der Waals surface area contributed by atoms with Gasteiger partial charge in [0, 0.05) is 34.3 Å². The molecule has 17 nitrogen and oxygen atoms in total. The molecule has 0 spiro atoms. The molecule has 1 aliphatic carbocycles. The Balaban J connectivity index is 1.72. The lowest BCUT2D eigenvalue weighted by atomic mass is 9.75. The Labute approximate surface area is 296 Å². The van der Waals surface area contributed by atoms with Gasteiger partial charge < -0.3 is 15.0 Å². The van der Waals surface area contributed by atoms with Gasteiger partial charge in [-0.25, -0.2) is 0 Å². The summed E-state index contributed by atoms with van der Waals surface area (Å²) in [4.78, 5) is -2.28. The van der Waals surface area contributed by atoms with Gasteiger partial charge in [0.05, 0.1) is 16.0 Å². The normalized spacial score (nSPS) is 20.1. The minimum Gasteiger partial charge on any atom is -0.507 e. The third-order valence-corrected chi connectivity index (χ3v) is 13.8. The summed E-state index contributed by atoms with van der Waals surface area (Å²) < 4.78 is 144. The number of aryl methyl sites for hydroxylation is 1. The number of hydrogen-bond donors (Lipinski definition) is 6. The summed E-state index contributed by atoms with van der Waals surface area (Å²) >= 11 is 0.867. The zero-order valence-corrected chi connectivity index (χ0v) is 30.6. The Morgan fingerprint density at radius 3 is 2.00 bits per heavy atom. The SMILES string of the molecule is Cc1ccc(SOC2c3ccc(N=Nc4cc(S(=O)(=O)O)c5cc(S(=O)(=O)O)cc(O)c5c4N)c(S(=O)(=O)O)c3CC(C)(S(=O)(=O)O)C2C)cc1. The standard InChI is InChI=1S/C29H29N3O14S5/c1-14-4-6-16(7-5-14)47-46-27-15(2)29(3,51(43,44)45)13-20-18(27)8-9-21(28(20)50(40,41)42)31-32-22-12-24(49(37,38)39)19-10-17(48(34,35)36)11-23(33)25(19)26(22)30/h4-12,15,27,33H,13,30H2,1-3H3,(H,34,35,36)(H,37,38,39)(H,40,41,42)(H,43,44,45). The van der Waals surface area contributed by atoms with Crippen molar-refractivity contribution in [3.05, 3.63) is 71.3 Å². The molecule has 51 heavy (non-hydrogen) atoms. The first-order chi connectivity index (χ1) is 23.3. The molecular formula is C29H29N3O14S5. The Morgan fingerprint density at radius 1 is 0.843 bits per heavy atom. The highest BCUT2D eigenvalue weighted by Gasteiger charge is 2.53. The van der Waals surface area contributed by atoms with Crippen molar-refractivity contribution < 1.29 is 61.2 Å². The minimum atomic E-state index is -5.27. The van der Waals surface area contributed by atoms with Crippen molar-refractivity contribution in [2.45, 2.75) is 57.6 Å². The minimum absolute atomic E-state index is 0.133. The summed E-state index contributed by atoms with van der Waals surface area (Å²) in [5, 5.41) is 17.0. The Kier molecular flexibility index (Phi) is 9.86. The molecule has 0 bridgehead atoms. The van der Waals surface area contributed by atoms with Gasteiger partial charge in [-0.1, -0.05) is 30.7 Å². The summed E-state index contributed by atoms with van der Waals surface area (Å²) in [6.45, 7) is 4.53. The molecule has 4 aromatic rings. The molecule has 3 unspecified atom stereocenters. The highest BCUT2D eigenvalue weighted by atomic mass is 32.2. The Morgan fingerprint density at radius 2 is 1.45 bits per heavy atom. The van der Waals surface area contributed by atoms with Crippen LogP contribution in [0.25, 0.3) is 10.8 Å². The number of anilines is 1. The number of hydrogen-bond acceptors (Lipinski definition) is 14. The van der Waals surface area contributed by atoms with Gasteiger partial charge in [0.15, 0.2) is 0 Å². The second-order valence-electron chi connectivity index (χ2n) is 11.9. The smallest absolute Gasteiger partial charge is 0.297 e. The number of phenolic OH excluding ortho intramolecular Hbond substituents is 1. The van der Waals surface area contributed by atoms with Crippen molar-refractivity contribution in [1.29, 1.82) is 0 Å². The van der Waals surface area contributed by atoms with Crippen molar-refractivity contribution in [2.24, 2.45) is 16.1 Å². The molecular weight excluding hydrogens is 775 g/mol. The third kappa shape index (κ3) is 7.33. The van der Waals surface area contributed by atoms with Gasteiger partial charge in [0.25, 0.3) is 40.5 Å². The molecule has 7 N–H and O–H groups in total. The maximum atomic E-state index is 12.9. The van der Waals surface area contributed by atoms with Crippen LogP contribution in [-0.4, -0.2) is 61.7 Å². The van der Waals surface area contributed by atoms with E-state index in [-0.39, 0.29) is 11.1 Å². The van der Waals surface area contributed by atoms with E-state index in [0.29, 0.717) is 23.1 Å². The molecule has 0 saturated heterocycles. The molecule has 5 rings (SSSR count). The van der Waals surface area contributed by atoms with Crippen molar-refractivity contribution in [1.82, 2.24) is 0 Å². The van der Waals surface area contributed by atoms with Crippen molar-refractivity contribution in [2.75, 3.05) is 5.73 Å². The maximum absolute atomic E-state index is 12.9. The fourth-order valence-electron chi connectivity index (χ4n) is 5.75. The Hall–Kier alpha value is -3.71. The molecule has 22 heteroatoms. The number of nitrogens with zero attached hydrogens (tertiary/aromatic N) is 2. The van der Waals surface area contributed by atoms with Gasteiger partial charge in [-0.15, -0.1) is 10.2 Å². The summed E-state index contributed by atoms with van der Waals surface area (Å²) in [5.41, 5.74) is 5.17. The van der Waals surface area contributed by atoms with Crippen molar-refractivity contribution in [3.63, 3.8) is 0 Å². The number of phenols is 1. The fourth-order valence-corrected chi connectivity index (χ4v) is 9.50. The fraction of sp³-hybridized carbons (Fsp3) is 0.241. The first-order valence-electron chi connectivity index (χ1n) is 14.3. The first-order valence-corrected chi connectivity index (χ1v) is 20.8. The summed E-state index contributed by atoms with van der Waals surface area (Å²) in [6, 6.07) is 11.3. The highest BCUT2D eigenvalue weighted by Crippen LogP contribution is 2.51. The topological polar surface area (TPSA) is 298 Å². The van der Waals surface area contributed by atoms with Crippen LogP contribution in [0, 0.1) is 12.8 Å². The number of azo groups is 1. The molecule has 0 heterocycles. The van der Waals surface area contributed by atoms with Crippen LogP contribution in [-0.2, 0) is 51.1 Å². The van der Waals surface area contributed by atoms with Crippen LogP contribution < -0.4 is 5.73 Å². The van der Waals surface area contributed by atoms with Crippen LogP contribution in [0.3, 0.4) is 0 Å². The van der Waals surface area contributed by atoms with Crippen LogP contribution >= 0.6 is 12.0 Å². The van der Waals surface area contributed by atoms with E-state index in [1.165, 1.54) is 19.9 Å². The molecule has 0 saturated carbocycles. The van der Waals surface area contributed by atoms with Crippen LogP contribution in [0.4, 0.5) is 17.1 Å². The van der Waals surface area contributed by atoms with Crippen molar-refractivity contribution >= 4 is 80.3 Å². The predicted octanol–water partition coefficient (Wildman–Crippen LogP) is 5.20. The summed E-state index contributed by atoms with van der Waals surface area (Å²) in [6.07, 6.45) is -1.83. The number of fused-ring (bicyclic) bond motifs is 2. The van der Waals surface area contributed by atoms with E-state index < -0.39 is 112 Å². The maximum Gasteiger partial charge on any atom is 0.297 e. The lowest BCUT2D eigenvalue weighted by molar-refractivity contribution is 0.126. The van der Waals surface area contributed by atoms with E-state index >= 15 is 0 Å². The number of nitrogen functional groups attached to an aromatic ring is 1. The van der Waals surface area contributed by atoms with E-state index in [0.717, 1.165) is 23.7 Å². The lowest BCUT2D eigenvalue weighted by Gasteiger charge is -2.42. The van der Waals surface area contributed by atoms with E-state index in [2.05, 4.69) is 10.2 Å². The van der Waals surface area contributed by atoms with Gasteiger partial charge in [-0.3, -0.25) is 18.2 Å². The lowest BCUT2D eigenvalue weighted by Crippen LogP contribution is -2.49. The zero-order valence-electron chi connectivity index (χ0n) is 26.5. The second-order valence-corrected chi connectivity index (χ2v) is 18.8. The molecule has 0 fully saturated rings. The third-order valence-electron chi connectivity index (χ3n) is 8.65. The number of aromatic hydroxyl groups is 1. The van der Waals surface area contributed by atoms with Crippen molar-refractivity contribution in [3.8, 4) is 5.75 Å². The monoisotopic (exact) mass is 803 g/mol. The van der Waals surface area contributed by atoms with Crippen LogP contribution in [0.1, 0.15) is 36.6 Å². The predicted molar refractivity (Wildman–Crippen MR) is 184 cm³/mol. The summed E-state index contributed by atoms with van der Waals surface area (Å²) in [5.74, 6) is -1.94. The van der Waals surface area contributed by atoms with Crippen LogP contribution in [0.15, 0.2) is 84.4 Å². The van der Waals surface area contributed by atoms with E-state index in [4.69, 9.17) is 9.92 Å². The molecule has 4 aromatic carbocycles. The zero-order chi connectivity index (χ0) is 38.1. The highest BCUT2D eigenvalue weighted by molar-refractivity contribution is 7.94. The van der Waals surface area contributed by atoms with Crippen LogP contribution in [0.2, 0.25) is 0 Å². The molecule has 274 valence electrons. The quantitative estimate of drug-likeness (QED) is 0.0548. The molecule has 0 aromatic heterocycles. The summed E-state index contributed by atoms with van der Waals surface area (Å²) in [7, 11) is -20.4. The van der Waals surface area contributed by atoms with E-state index in [1.54, 1.807) is 24.3 Å². The number of benzene rings is 4. The molecule has 0 aliphatic heterocycles.